The summed E-state index contributed by atoms with van der Waals surface area (Å²) < 4.78 is 10.7. The van der Waals surface area contributed by atoms with E-state index < -0.39 is 0 Å². The fourth-order valence-electron chi connectivity index (χ4n) is 2.23. The van der Waals surface area contributed by atoms with Crippen molar-refractivity contribution in [2.24, 2.45) is 0 Å². The molecule has 2 aromatic rings. The van der Waals surface area contributed by atoms with Crippen LogP contribution < -0.4 is 5.32 Å². The van der Waals surface area contributed by atoms with Crippen LogP contribution in [0.3, 0.4) is 0 Å². The third kappa shape index (κ3) is 2.53. The van der Waals surface area contributed by atoms with Crippen molar-refractivity contribution in [2.45, 2.75) is 12.3 Å². The molecule has 0 spiro atoms. The molecule has 0 heterocycles. The van der Waals surface area contributed by atoms with Crippen molar-refractivity contribution in [1.29, 1.82) is 0 Å². The van der Waals surface area contributed by atoms with Crippen LogP contribution in [0, 0.1) is 0 Å². The van der Waals surface area contributed by atoms with Gasteiger partial charge in [0.15, 0.2) is 6.29 Å². The van der Waals surface area contributed by atoms with Gasteiger partial charge in [0.25, 0.3) is 0 Å². The summed E-state index contributed by atoms with van der Waals surface area (Å²) in [6.45, 7) is 0. The first-order valence-electron chi connectivity index (χ1n) is 6.01. The zero-order valence-corrected chi connectivity index (χ0v) is 11.0. The highest BCUT2D eigenvalue weighted by Gasteiger charge is 2.21. The van der Waals surface area contributed by atoms with Gasteiger partial charge in [-0.25, -0.2) is 0 Å². The van der Waals surface area contributed by atoms with E-state index in [1.807, 2.05) is 19.2 Å². The third-order valence-electron chi connectivity index (χ3n) is 3.18. The molecule has 0 fully saturated rings. The Morgan fingerprint density at radius 3 is 2.22 bits per heavy atom. The van der Waals surface area contributed by atoms with Gasteiger partial charge in [-0.1, -0.05) is 36.4 Å². The van der Waals surface area contributed by atoms with E-state index in [2.05, 4.69) is 35.6 Å². The number of hydrogen-bond donors (Lipinski definition) is 1. The maximum absolute atomic E-state index is 5.33. The quantitative estimate of drug-likeness (QED) is 0.822. The Labute approximate surface area is 108 Å². The molecule has 96 valence electrons. The summed E-state index contributed by atoms with van der Waals surface area (Å²) in [5.41, 5.74) is 1.16. The topological polar surface area (TPSA) is 30.5 Å². The number of ether oxygens (including phenoxy) is 2. The lowest BCUT2D eigenvalue weighted by molar-refractivity contribution is -0.123. The maximum Gasteiger partial charge on any atom is 0.176 e. The van der Waals surface area contributed by atoms with Crippen molar-refractivity contribution in [3.05, 3.63) is 48.0 Å². The molecule has 0 aliphatic rings. The summed E-state index contributed by atoms with van der Waals surface area (Å²) in [7, 11) is 5.21. The van der Waals surface area contributed by atoms with Gasteiger partial charge in [0, 0.05) is 14.2 Å². The van der Waals surface area contributed by atoms with E-state index in [1.165, 1.54) is 10.8 Å². The van der Waals surface area contributed by atoms with Gasteiger partial charge in [-0.2, -0.15) is 0 Å². The number of benzene rings is 2. The molecule has 0 saturated carbocycles. The molecule has 1 unspecified atom stereocenters. The van der Waals surface area contributed by atoms with Gasteiger partial charge in [-0.3, -0.25) is 0 Å². The Morgan fingerprint density at radius 2 is 1.61 bits per heavy atom. The van der Waals surface area contributed by atoms with Crippen LogP contribution in [0.4, 0.5) is 0 Å². The molecule has 3 heteroatoms. The summed E-state index contributed by atoms with van der Waals surface area (Å²) in [5.74, 6) is 0. The molecule has 0 aromatic heterocycles. The van der Waals surface area contributed by atoms with E-state index in [0.717, 1.165) is 5.56 Å². The second kappa shape index (κ2) is 5.96. The van der Waals surface area contributed by atoms with Crippen LogP contribution in [-0.4, -0.2) is 27.6 Å². The Morgan fingerprint density at radius 1 is 0.944 bits per heavy atom. The zero-order valence-electron chi connectivity index (χ0n) is 11.0. The fraction of sp³-hybridized carbons (Fsp3) is 0.333. The predicted molar refractivity (Wildman–Crippen MR) is 73.6 cm³/mol. The van der Waals surface area contributed by atoms with Crippen LogP contribution in [0.2, 0.25) is 0 Å². The summed E-state index contributed by atoms with van der Waals surface area (Å²) in [5, 5.41) is 5.70. The molecule has 0 saturated heterocycles. The standard InChI is InChI=1S/C15H19NO2/c1-16-14(15(17-2)18-3)13-9-8-11-6-4-5-7-12(11)10-13/h4-10,14-16H,1-3H3. The molecule has 3 nitrogen and oxygen atoms in total. The van der Waals surface area contributed by atoms with Crippen LogP contribution >= 0.6 is 0 Å². The van der Waals surface area contributed by atoms with Crippen LogP contribution in [0.25, 0.3) is 10.8 Å². The summed E-state index contributed by atoms with van der Waals surface area (Å²) >= 11 is 0. The predicted octanol–water partition coefficient (Wildman–Crippen LogP) is 2.72. The Bertz CT molecular complexity index is 509. The minimum absolute atomic E-state index is 0.0182. The fourth-order valence-corrected chi connectivity index (χ4v) is 2.23. The first kappa shape index (κ1) is 13.0. The Kier molecular flexibility index (Phi) is 4.31. The molecule has 0 amide bonds. The molecule has 2 aromatic carbocycles. The summed E-state index contributed by atoms with van der Waals surface area (Å²) in [4.78, 5) is 0. The normalized spacial score (nSPS) is 13.1. The van der Waals surface area contributed by atoms with Gasteiger partial charge in [0.1, 0.15) is 0 Å². The Hall–Kier alpha value is -1.42. The molecule has 0 aliphatic heterocycles. The largest absolute Gasteiger partial charge is 0.354 e. The molecule has 1 atom stereocenters. The van der Waals surface area contributed by atoms with Gasteiger partial charge in [-0.05, 0) is 29.4 Å². The van der Waals surface area contributed by atoms with Crippen molar-refractivity contribution in [2.75, 3.05) is 21.3 Å². The molecule has 0 bridgehead atoms. The van der Waals surface area contributed by atoms with Crippen molar-refractivity contribution in [1.82, 2.24) is 5.32 Å². The van der Waals surface area contributed by atoms with Crippen molar-refractivity contribution < 1.29 is 9.47 Å². The number of nitrogens with one attached hydrogen (secondary N) is 1. The molecule has 2 rings (SSSR count). The van der Waals surface area contributed by atoms with Crippen molar-refractivity contribution >= 4 is 10.8 Å². The highest BCUT2D eigenvalue weighted by atomic mass is 16.7. The maximum atomic E-state index is 5.33. The van der Waals surface area contributed by atoms with E-state index in [4.69, 9.17) is 9.47 Å². The zero-order chi connectivity index (χ0) is 13.0. The average molecular weight is 245 g/mol. The minimum atomic E-state index is -0.295. The van der Waals surface area contributed by atoms with E-state index in [-0.39, 0.29) is 12.3 Å². The molecule has 0 aliphatic carbocycles. The van der Waals surface area contributed by atoms with Crippen LogP contribution in [-0.2, 0) is 9.47 Å². The Balaban J connectivity index is 2.39. The highest BCUT2D eigenvalue weighted by molar-refractivity contribution is 5.83. The van der Waals surface area contributed by atoms with Gasteiger partial charge >= 0.3 is 0 Å². The van der Waals surface area contributed by atoms with Crippen molar-refractivity contribution in [3.8, 4) is 0 Å². The first-order valence-corrected chi connectivity index (χ1v) is 6.01. The molecule has 0 radical (unpaired) electrons. The minimum Gasteiger partial charge on any atom is -0.354 e. The van der Waals surface area contributed by atoms with Crippen molar-refractivity contribution in [3.63, 3.8) is 0 Å². The van der Waals surface area contributed by atoms with E-state index in [9.17, 15) is 0 Å². The van der Waals surface area contributed by atoms with Crippen LogP contribution in [0.1, 0.15) is 11.6 Å². The highest BCUT2D eigenvalue weighted by Crippen LogP contribution is 2.23. The second-order valence-electron chi connectivity index (χ2n) is 4.21. The number of methoxy groups -OCH3 is 2. The van der Waals surface area contributed by atoms with Gasteiger partial charge in [0.05, 0.1) is 6.04 Å². The van der Waals surface area contributed by atoms with Crippen LogP contribution in [0.5, 0.6) is 0 Å². The lowest BCUT2D eigenvalue weighted by Gasteiger charge is -2.24. The average Bonchev–Trinajstić information content (AvgIpc) is 2.44. The van der Waals surface area contributed by atoms with Crippen LogP contribution in [0.15, 0.2) is 42.5 Å². The van der Waals surface area contributed by atoms with E-state index >= 15 is 0 Å². The number of rotatable bonds is 5. The van der Waals surface area contributed by atoms with Gasteiger partial charge < -0.3 is 14.8 Å². The number of fused-ring (bicyclic) bond motifs is 1. The number of likely N-dealkylation sites (N-methyl/N-ethyl adjacent to an activating group) is 1. The van der Waals surface area contributed by atoms with Gasteiger partial charge in [0.2, 0.25) is 0 Å². The lowest BCUT2D eigenvalue weighted by Crippen LogP contribution is -2.32. The third-order valence-corrected chi connectivity index (χ3v) is 3.18. The lowest BCUT2D eigenvalue weighted by atomic mass is 10.0. The molecular weight excluding hydrogens is 226 g/mol. The van der Waals surface area contributed by atoms with E-state index in [0.29, 0.717) is 0 Å². The monoisotopic (exact) mass is 245 g/mol. The molecule has 1 N–H and O–H groups in total. The molecular formula is C15H19NO2. The summed E-state index contributed by atoms with van der Waals surface area (Å²) in [6, 6.07) is 14.7. The summed E-state index contributed by atoms with van der Waals surface area (Å²) in [6.07, 6.45) is -0.295. The molecule has 18 heavy (non-hydrogen) atoms. The number of hydrogen-bond acceptors (Lipinski definition) is 3. The van der Waals surface area contributed by atoms with E-state index in [1.54, 1.807) is 14.2 Å². The van der Waals surface area contributed by atoms with Gasteiger partial charge in [-0.15, -0.1) is 0 Å². The SMILES string of the molecule is CNC(c1ccc2ccccc2c1)C(OC)OC. The smallest absolute Gasteiger partial charge is 0.176 e. The first-order chi connectivity index (χ1) is 8.80. The second-order valence-corrected chi connectivity index (χ2v) is 4.21.